The van der Waals surface area contributed by atoms with Crippen LogP contribution in [0.4, 0.5) is 16.2 Å². The number of anilines is 2. The van der Waals surface area contributed by atoms with E-state index in [-0.39, 0.29) is 10.4 Å². The smallest absolute Gasteiger partial charge is 0.316 e. The van der Waals surface area contributed by atoms with E-state index in [9.17, 15) is 18.3 Å². The number of aromatic nitrogens is 1. The Morgan fingerprint density at radius 3 is 2.50 bits per heavy atom. The van der Waals surface area contributed by atoms with Gasteiger partial charge in [0.15, 0.2) is 0 Å². The third kappa shape index (κ3) is 6.91. The maximum Gasteiger partial charge on any atom is 0.316 e. The van der Waals surface area contributed by atoms with Crippen LogP contribution in [0, 0.1) is 0 Å². The molecule has 4 aromatic rings. The summed E-state index contributed by atoms with van der Waals surface area (Å²) in [5.74, 6) is 0. The molecule has 0 radical (unpaired) electrons. The van der Waals surface area contributed by atoms with Crippen LogP contribution in [-0.4, -0.2) is 36.2 Å². The number of rotatable bonds is 11. The predicted molar refractivity (Wildman–Crippen MR) is 150 cm³/mol. The molecule has 1 atom stereocenters. The zero-order chi connectivity index (χ0) is 27.3. The first-order chi connectivity index (χ1) is 18.0. The number of hydrogen-bond donors (Lipinski definition) is 5. The van der Waals surface area contributed by atoms with Crippen LogP contribution >= 0.6 is 0 Å². The summed E-state index contributed by atoms with van der Waals surface area (Å²) in [5, 5.41) is 17.8. The SMILES string of the molecule is CC(C)(CCn1ccc2cc(NC(N)=O)ccc21)NCC(O)c1cccc(NS(=O)(=O)c2ccccc2)c1. The van der Waals surface area contributed by atoms with Gasteiger partial charge < -0.3 is 26.0 Å². The van der Waals surface area contributed by atoms with E-state index in [0.717, 1.165) is 23.9 Å². The average molecular weight is 536 g/mol. The highest BCUT2D eigenvalue weighted by Crippen LogP contribution is 2.24. The van der Waals surface area contributed by atoms with E-state index in [1.165, 1.54) is 12.1 Å². The largest absolute Gasteiger partial charge is 0.387 e. The minimum absolute atomic E-state index is 0.174. The molecule has 0 saturated carbocycles. The first-order valence-corrected chi connectivity index (χ1v) is 13.8. The maximum absolute atomic E-state index is 12.6. The quantitative estimate of drug-likeness (QED) is 0.193. The van der Waals surface area contributed by atoms with Crippen LogP contribution in [0.2, 0.25) is 0 Å². The molecular formula is C28H33N5O4S. The van der Waals surface area contributed by atoms with Gasteiger partial charge in [-0.2, -0.15) is 0 Å². The lowest BCUT2D eigenvalue weighted by Gasteiger charge is -2.28. The molecule has 0 saturated heterocycles. The number of β-amino-alcohol motifs (C(OH)–C–C–N with tert-alkyl or cyclic N) is 1. The number of carbonyl (C=O) groups excluding carboxylic acids is 1. The van der Waals surface area contributed by atoms with Gasteiger partial charge in [0.05, 0.1) is 11.0 Å². The van der Waals surface area contributed by atoms with Gasteiger partial charge >= 0.3 is 6.03 Å². The molecule has 0 fully saturated rings. The summed E-state index contributed by atoms with van der Waals surface area (Å²) in [4.78, 5) is 11.3. The zero-order valence-electron chi connectivity index (χ0n) is 21.4. The van der Waals surface area contributed by atoms with Crippen LogP contribution in [0.3, 0.4) is 0 Å². The Morgan fingerprint density at radius 2 is 1.76 bits per heavy atom. The number of nitrogens with one attached hydrogen (secondary N) is 3. The normalized spacial score (nSPS) is 12.8. The Morgan fingerprint density at radius 1 is 1.00 bits per heavy atom. The Balaban J connectivity index is 1.34. The number of sulfonamides is 1. The molecule has 0 aliphatic carbocycles. The highest BCUT2D eigenvalue weighted by atomic mass is 32.2. The van der Waals surface area contributed by atoms with Gasteiger partial charge in [0.2, 0.25) is 0 Å². The highest BCUT2D eigenvalue weighted by Gasteiger charge is 2.20. The van der Waals surface area contributed by atoms with Crippen molar-refractivity contribution < 1.29 is 18.3 Å². The average Bonchev–Trinajstić information content (AvgIpc) is 3.28. The molecule has 38 heavy (non-hydrogen) atoms. The number of aryl methyl sites for hydroxylation is 1. The summed E-state index contributed by atoms with van der Waals surface area (Å²) in [6.45, 7) is 5.20. The molecule has 0 spiro atoms. The van der Waals surface area contributed by atoms with Crippen LogP contribution in [0.15, 0.2) is 90.0 Å². The maximum atomic E-state index is 12.6. The van der Waals surface area contributed by atoms with Gasteiger partial charge in [0.25, 0.3) is 10.0 Å². The lowest BCUT2D eigenvalue weighted by atomic mass is 9.99. The summed E-state index contributed by atoms with van der Waals surface area (Å²) < 4.78 is 30.0. The van der Waals surface area contributed by atoms with E-state index >= 15 is 0 Å². The number of primary amides is 1. The van der Waals surface area contributed by atoms with Crippen LogP contribution in [0.25, 0.3) is 10.9 Å². The fourth-order valence-corrected chi connectivity index (χ4v) is 5.29. The molecule has 1 unspecified atom stereocenters. The molecule has 4 rings (SSSR count). The van der Waals surface area contributed by atoms with E-state index in [1.54, 1.807) is 42.5 Å². The second-order valence-electron chi connectivity index (χ2n) is 9.85. The van der Waals surface area contributed by atoms with E-state index in [0.29, 0.717) is 23.5 Å². The van der Waals surface area contributed by atoms with Crippen LogP contribution in [0.5, 0.6) is 0 Å². The number of nitrogens with zero attached hydrogens (tertiary/aromatic N) is 1. The minimum atomic E-state index is -3.72. The summed E-state index contributed by atoms with van der Waals surface area (Å²) in [6.07, 6.45) is 1.98. The van der Waals surface area contributed by atoms with Gasteiger partial charge in [-0.15, -0.1) is 0 Å². The number of fused-ring (bicyclic) bond motifs is 1. The highest BCUT2D eigenvalue weighted by molar-refractivity contribution is 7.92. The van der Waals surface area contributed by atoms with Crippen LogP contribution in [-0.2, 0) is 16.6 Å². The Kier molecular flexibility index (Phi) is 8.05. The van der Waals surface area contributed by atoms with E-state index < -0.39 is 22.2 Å². The lowest BCUT2D eigenvalue weighted by molar-refractivity contribution is 0.158. The van der Waals surface area contributed by atoms with Gasteiger partial charge in [0, 0.05) is 47.1 Å². The monoisotopic (exact) mass is 535 g/mol. The molecule has 0 aliphatic rings. The molecule has 6 N–H and O–H groups in total. The number of aliphatic hydroxyl groups is 1. The van der Waals surface area contributed by atoms with Crippen molar-refractivity contribution in [1.82, 2.24) is 9.88 Å². The van der Waals surface area contributed by atoms with Gasteiger partial charge in [-0.25, -0.2) is 13.2 Å². The minimum Gasteiger partial charge on any atom is -0.387 e. The van der Waals surface area contributed by atoms with Crippen molar-refractivity contribution in [1.29, 1.82) is 0 Å². The number of carbonyl (C=O) groups is 1. The van der Waals surface area contributed by atoms with Crippen molar-refractivity contribution >= 4 is 38.3 Å². The number of aliphatic hydroxyl groups excluding tert-OH is 1. The third-order valence-electron chi connectivity index (χ3n) is 6.37. The number of nitrogens with two attached hydrogens (primary N) is 1. The lowest BCUT2D eigenvalue weighted by Crippen LogP contribution is -2.42. The standard InChI is InChI=1S/C28H33N5O4S/c1-28(2,14-16-33-15-13-20-17-22(31-27(29)35)11-12-25(20)33)30-19-26(34)21-7-6-8-23(18-21)32-38(36,37)24-9-4-3-5-10-24/h3-13,15,17-18,26,30,32,34H,14,16,19H2,1-2H3,(H3,29,31,35). The summed E-state index contributed by atoms with van der Waals surface area (Å²) in [6, 6.07) is 22.0. The molecule has 2 amide bonds. The van der Waals surface area contributed by atoms with Gasteiger partial charge in [-0.3, -0.25) is 4.72 Å². The second kappa shape index (κ2) is 11.3. The fraction of sp³-hybridized carbons (Fsp3) is 0.250. The fourth-order valence-electron chi connectivity index (χ4n) is 4.22. The van der Waals surface area contributed by atoms with Crippen molar-refractivity contribution in [2.24, 2.45) is 5.73 Å². The van der Waals surface area contributed by atoms with Crippen LogP contribution < -0.4 is 21.1 Å². The van der Waals surface area contributed by atoms with E-state index in [4.69, 9.17) is 5.73 Å². The number of amides is 2. The number of benzene rings is 3. The van der Waals surface area contributed by atoms with Crippen molar-refractivity contribution in [2.75, 3.05) is 16.6 Å². The molecule has 1 aromatic heterocycles. The molecule has 0 aliphatic heterocycles. The Labute approximate surface area is 222 Å². The first-order valence-electron chi connectivity index (χ1n) is 12.3. The molecule has 1 heterocycles. The number of hydrogen-bond acceptors (Lipinski definition) is 5. The Bertz CT molecular complexity index is 1520. The van der Waals surface area contributed by atoms with Gasteiger partial charge in [-0.05, 0) is 74.4 Å². The van der Waals surface area contributed by atoms with Crippen molar-refractivity contribution in [3.63, 3.8) is 0 Å². The molecule has 3 aromatic carbocycles. The summed E-state index contributed by atoms with van der Waals surface area (Å²) in [7, 11) is -3.72. The second-order valence-corrected chi connectivity index (χ2v) is 11.5. The van der Waals surface area contributed by atoms with Gasteiger partial charge in [0.1, 0.15) is 0 Å². The molecular weight excluding hydrogens is 502 g/mol. The molecule has 0 bridgehead atoms. The Hall–Kier alpha value is -3.86. The predicted octanol–water partition coefficient (Wildman–Crippen LogP) is 4.42. The zero-order valence-corrected chi connectivity index (χ0v) is 22.2. The number of urea groups is 1. The van der Waals surface area contributed by atoms with Crippen molar-refractivity contribution in [3.05, 3.63) is 90.6 Å². The third-order valence-corrected chi connectivity index (χ3v) is 7.76. The van der Waals surface area contributed by atoms with Gasteiger partial charge in [-0.1, -0.05) is 30.3 Å². The first kappa shape index (κ1) is 27.2. The van der Waals surface area contributed by atoms with E-state index in [1.807, 2.05) is 30.5 Å². The van der Waals surface area contributed by atoms with Crippen molar-refractivity contribution in [3.8, 4) is 0 Å². The molecule has 200 valence electrons. The topological polar surface area (TPSA) is 138 Å². The molecule has 10 heteroatoms. The van der Waals surface area contributed by atoms with E-state index in [2.05, 4.69) is 33.8 Å². The van der Waals surface area contributed by atoms with Crippen LogP contribution in [0.1, 0.15) is 31.9 Å². The summed E-state index contributed by atoms with van der Waals surface area (Å²) in [5.41, 5.74) is 7.61. The van der Waals surface area contributed by atoms with Crippen molar-refractivity contribution in [2.45, 2.75) is 43.4 Å². The summed E-state index contributed by atoms with van der Waals surface area (Å²) >= 11 is 0. The molecule has 9 nitrogen and oxygen atoms in total.